The predicted molar refractivity (Wildman–Crippen MR) is 63.4 cm³/mol. The molecule has 2 fully saturated rings. The van der Waals surface area contributed by atoms with Crippen LogP contribution in [0.15, 0.2) is 0 Å². The lowest BCUT2D eigenvalue weighted by Gasteiger charge is -2.25. The Morgan fingerprint density at radius 2 is 1.75 bits per heavy atom. The molecule has 1 aliphatic heterocycles. The lowest BCUT2D eigenvalue weighted by atomic mass is 9.95. The van der Waals surface area contributed by atoms with Crippen LogP contribution in [0.3, 0.4) is 0 Å². The summed E-state index contributed by atoms with van der Waals surface area (Å²) in [5.74, 6) is -0.226. The van der Waals surface area contributed by atoms with E-state index in [1.54, 1.807) is 0 Å². The zero-order valence-corrected chi connectivity index (χ0v) is 10.0. The SMILES string of the molecule is O=C(O)C1CCCC1CN1CCCCCC1. The highest BCUT2D eigenvalue weighted by atomic mass is 16.4. The van der Waals surface area contributed by atoms with Gasteiger partial charge in [0, 0.05) is 6.54 Å². The Labute approximate surface area is 97.8 Å². The van der Waals surface area contributed by atoms with Crippen molar-refractivity contribution < 1.29 is 9.90 Å². The summed E-state index contributed by atoms with van der Waals surface area (Å²) in [7, 11) is 0. The van der Waals surface area contributed by atoms with Gasteiger partial charge >= 0.3 is 5.97 Å². The Morgan fingerprint density at radius 1 is 1.06 bits per heavy atom. The molecule has 0 aromatic carbocycles. The van der Waals surface area contributed by atoms with E-state index in [1.165, 1.54) is 38.8 Å². The average Bonchev–Trinajstić information content (AvgIpc) is 2.55. The van der Waals surface area contributed by atoms with Gasteiger partial charge in [0.15, 0.2) is 0 Å². The molecule has 2 unspecified atom stereocenters. The van der Waals surface area contributed by atoms with E-state index in [-0.39, 0.29) is 5.92 Å². The summed E-state index contributed by atoms with van der Waals surface area (Å²) in [5.41, 5.74) is 0. The first-order valence-corrected chi connectivity index (χ1v) is 6.72. The molecule has 2 aliphatic rings. The van der Waals surface area contributed by atoms with E-state index in [2.05, 4.69) is 4.90 Å². The Morgan fingerprint density at radius 3 is 2.38 bits per heavy atom. The first kappa shape index (κ1) is 11.9. The highest BCUT2D eigenvalue weighted by molar-refractivity contribution is 5.70. The molecule has 0 bridgehead atoms. The number of hydrogen-bond donors (Lipinski definition) is 1. The molecule has 1 saturated heterocycles. The van der Waals surface area contributed by atoms with E-state index in [0.717, 1.165) is 25.8 Å². The van der Waals surface area contributed by atoms with Crippen LogP contribution in [0.4, 0.5) is 0 Å². The van der Waals surface area contributed by atoms with Crippen LogP contribution in [0, 0.1) is 11.8 Å². The Hall–Kier alpha value is -0.570. The van der Waals surface area contributed by atoms with Crippen molar-refractivity contribution in [2.75, 3.05) is 19.6 Å². The van der Waals surface area contributed by atoms with Gasteiger partial charge in [-0.3, -0.25) is 4.79 Å². The summed E-state index contributed by atoms with van der Waals surface area (Å²) in [4.78, 5) is 13.6. The zero-order valence-electron chi connectivity index (χ0n) is 10.0. The second kappa shape index (κ2) is 5.67. The van der Waals surface area contributed by atoms with Crippen LogP contribution in [0.5, 0.6) is 0 Å². The van der Waals surface area contributed by atoms with Gasteiger partial charge in [-0.25, -0.2) is 0 Å². The number of hydrogen-bond acceptors (Lipinski definition) is 2. The van der Waals surface area contributed by atoms with Crippen LogP contribution >= 0.6 is 0 Å². The number of carboxylic acids is 1. The molecule has 1 saturated carbocycles. The standard InChI is InChI=1S/C13H23NO2/c15-13(16)12-7-5-6-11(12)10-14-8-3-1-2-4-9-14/h11-12H,1-10H2,(H,15,16). The van der Waals surface area contributed by atoms with Gasteiger partial charge in [-0.05, 0) is 44.7 Å². The monoisotopic (exact) mass is 225 g/mol. The molecule has 16 heavy (non-hydrogen) atoms. The summed E-state index contributed by atoms with van der Waals surface area (Å²) < 4.78 is 0. The number of nitrogens with zero attached hydrogens (tertiary/aromatic N) is 1. The topological polar surface area (TPSA) is 40.5 Å². The number of carboxylic acid groups (broad SMARTS) is 1. The molecule has 0 aromatic rings. The van der Waals surface area contributed by atoms with Gasteiger partial charge in [0.05, 0.1) is 5.92 Å². The van der Waals surface area contributed by atoms with Crippen LogP contribution in [0.25, 0.3) is 0 Å². The smallest absolute Gasteiger partial charge is 0.306 e. The second-order valence-electron chi connectivity index (χ2n) is 5.35. The fourth-order valence-electron chi connectivity index (χ4n) is 3.23. The molecule has 1 N–H and O–H groups in total. The lowest BCUT2D eigenvalue weighted by Crippen LogP contribution is -2.33. The van der Waals surface area contributed by atoms with E-state index < -0.39 is 5.97 Å². The third kappa shape index (κ3) is 2.97. The van der Waals surface area contributed by atoms with Crippen LogP contribution in [0.2, 0.25) is 0 Å². The Balaban J connectivity index is 1.85. The van der Waals surface area contributed by atoms with Crippen molar-refractivity contribution in [2.45, 2.75) is 44.9 Å². The third-order valence-electron chi connectivity index (χ3n) is 4.17. The highest BCUT2D eigenvalue weighted by Gasteiger charge is 2.33. The van der Waals surface area contributed by atoms with Gasteiger partial charge < -0.3 is 10.0 Å². The lowest BCUT2D eigenvalue weighted by molar-refractivity contribution is -0.143. The minimum absolute atomic E-state index is 0.0664. The normalized spacial score (nSPS) is 32.5. The van der Waals surface area contributed by atoms with Gasteiger partial charge in [0.1, 0.15) is 0 Å². The number of carbonyl (C=O) groups is 1. The highest BCUT2D eigenvalue weighted by Crippen LogP contribution is 2.32. The molecule has 2 atom stereocenters. The number of aliphatic carboxylic acids is 1. The van der Waals surface area contributed by atoms with Gasteiger partial charge in [0.2, 0.25) is 0 Å². The first-order valence-electron chi connectivity index (χ1n) is 6.72. The minimum Gasteiger partial charge on any atom is -0.481 e. The Bertz CT molecular complexity index is 234. The summed E-state index contributed by atoms with van der Waals surface area (Å²) >= 11 is 0. The zero-order chi connectivity index (χ0) is 11.4. The largest absolute Gasteiger partial charge is 0.481 e. The van der Waals surface area contributed by atoms with Crippen LogP contribution in [-0.2, 0) is 4.79 Å². The maximum Gasteiger partial charge on any atom is 0.306 e. The van der Waals surface area contributed by atoms with Gasteiger partial charge in [-0.1, -0.05) is 19.3 Å². The van der Waals surface area contributed by atoms with E-state index in [4.69, 9.17) is 5.11 Å². The summed E-state index contributed by atoms with van der Waals surface area (Å²) in [5, 5.41) is 9.15. The fourth-order valence-corrected chi connectivity index (χ4v) is 3.23. The van der Waals surface area contributed by atoms with Crippen LogP contribution in [0.1, 0.15) is 44.9 Å². The summed E-state index contributed by atoms with van der Waals surface area (Å²) in [6, 6.07) is 0. The molecule has 3 nitrogen and oxygen atoms in total. The van der Waals surface area contributed by atoms with Crippen LogP contribution < -0.4 is 0 Å². The summed E-state index contributed by atoms with van der Waals surface area (Å²) in [6.45, 7) is 3.39. The van der Waals surface area contributed by atoms with Crippen LogP contribution in [-0.4, -0.2) is 35.6 Å². The van der Waals surface area contributed by atoms with Crippen molar-refractivity contribution >= 4 is 5.97 Å². The maximum atomic E-state index is 11.1. The van der Waals surface area contributed by atoms with E-state index >= 15 is 0 Å². The molecule has 1 heterocycles. The minimum atomic E-state index is -0.572. The fraction of sp³-hybridized carbons (Fsp3) is 0.923. The quantitative estimate of drug-likeness (QED) is 0.801. The number of rotatable bonds is 3. The van der Waals surface area contributed by atoms with E-state index in [9.17, 15) is 4.79 Å². The van der Waals surface area contributed by atoms with Gasteiger partial charge in [-0.2, -0.15) is 0 Å². The van der Waals surface area contributed by atoms with Crippen molar-refractivity contribution in [1.29, 1.82) is 0 Å². The molecule has 1 aliphatic carbocycles. The molecule has 0 radical (unpaired) electrons. The number of likely N-dealkylation sites (tertiary alicyclic amines) is 1. The predicted octanol–water partition coefficient (Wildman–Crippen LogP) is 2.36. The van der Waals surface area contributed by atoms with E-state index in [1.807, 2.05) is 0 Å². The van der Waals surface area contributed by atoms with Crippen molar-refractivity contribution in [2.24, 2.45) is 11.8 Å². The van der Waals surface area contributed by atoms with E-state index in [0.29, 0.717) is 5.92 Å². The molecule has 92 valence electrons. The van der Waals surface area contributed by atoms with Gasteiger partial charge in [0.25, 0.3) is 0 Å². The molecule has 0 aromatic heterocycles. The maximum absolute atomic E-state index is 11.1. The molecule has 0 amide bonds. The first-order chi connectivity index (χ1) is 7.77. The van der Waals surface area contributed by atoms with Crippen molar-refractivity contribution in [3.8, 4) is 0 Å². The van der Waals surface area contributed by atoms with Gasteiger partial charge in [-0.15, -0.1) is 0 Å². The molecule has 0 spiro atoms. The van der Waals surface area contributed by atoms with Crippen molar-refractivity contribution in [3.05, 3.63) is 0 Å². The van der Waals surface area contributed by atoms with Crippen molar-refractivity contribution in [1.82, 2.24) is 4.90 Å². The Kier molecular flexibility index (Phi) is 4.22. The molecular weight excluding hydrogens is 202 g/mol. The molecule has 2 rings (SSSR count). The summed E-state index contributed by atoms with van der Waals surface area (Å²) in [6.07, 6.45) is 8.42. The molecular formula is C13H23NO2. The average molecular weight is 225 g/mol. The van der Waals surface area contributed by atoms with Crippen molar-refractivity contribution in [3.63, 3.8) is 0 Å². The second-order valence-corrected chi connectivity index (χ2v) is 5.35. The third-order valence-corrected chi connectivity index (χ3v) is 4.17. The molecule has 3 heteroatoms.